The first-order valence-corrected chi connectivity index (χ1v) is 8.90. The fourth-order valence-corrected chi connectivity index (χ4v) is 3.99. The number of aromatic nitrogens is 3. The van der Waals surface area contributed by atoms with Gasteiger partial charge in [-0.15, -0.1) is 5.10 Å². The van der Waals surface area contributed by atoms with E-state index in [0.717, 1.165) is 0 Å². The zero-order chi connectivity index (χ0) is 18.8. The lowest BCUT2D eigenvalue weighted by Gasteiger charge is -2.26. The molecule has 2 aromatic heterocycles. The van der Waals surface area contributed by atoms with Gasteiger partial charge in [-0.05, 0) is 12.6 Å². The van der Waals surface area contributed by atoms with Gasteiger partial charge in [0.15, 0.2) is 5.82 Å². The second-order valence-corrected chi connectivity index (χ2v) is 6.83. The molecular formula is C16H19N5O4S. The van der Waals surface area contributed by atoms with Crippen LogP contribution < -0.4 is 0 Å². The fraction of sp³-hybridized carbons (Fsp3) is 0.375. The SMILES string of the molecule is CCc1nc2sc(C(c3cccc([N+](=O)[O-])c3)N(C)CCO)c(O)n2n1. The first-order valence-electron chi connectivity index (χ1n) is 8.09. The molecule has 0 spiro atoms. The van der Waals surface area contributed by atoms with E-state index in [2.05, 4.69) is 10.1 Å². The second kappa shape index (κ2) is 7.36. The Bertz CT molecular complexity index is 938. The van der Waals surface area contributed by atoms with Crippen LogP contribution in [0.4, 0.5) is 5.69 Å². The molecule has 3 aromatic rings. The van der Waals surface area contributed by atoms with Crippen molar-refractivity contribution in [3.8, 4) is 5.88 Å². The van der Waals surface area contributed by atoms with Crippen LogP contribution in [-0.2, 0) is 6.42 Å². The third kappa shape index (κ3) is 3.26. The van der Waals surface area contributed by atoms with Crippen LogP contribution in [-0.4, -0.2) is 54.8 Å². The van der Waals surface area contributed by atoms with Gasteiger partial charge in [0.1, 0.15) is 0 Å². The van der Waals surface area contributed by atoms with E-state index in [1.165, 1.54) is 28.0 Å². The summed E-state index contributed by atoms with van der Waals surface area (Å²) >= 11 is 1.28. The maximum absolute atomic E-state index is 11.1. The molecule has 26 heavy (non-hydrogen) atoms. The third-order valence-electron chi connectivity index (χ3n) is 4.10. The molecule has 0 aliphatic rings. The lowest BCUT2D eigenvalue weighted by atomic mass is 10.0. The molecule has 1 aromatic carbocycles. The quantitative estimate of drug-likeness (QED) is 0.477. The number of aromatic hydroxyl groups is 1. The number of hydrogen-bond donors (Lipinski definition) is 2. The van der Waals surface area contributed by atoms with Crippen LogP contribution in [0.15, 0.2) is 24.3 Å². The third-order valence-corrected chi connectivity index (χ3v) is 5.17. The number of likely N-dealkylation sites (N-methyl/N-ethyl adjacent to an activating group) is 1. The molecule has 1 atom stereocenters. The zero-order valence-corrected chi connectivity index (χ0v) is 15.2. The smallest absolute Gasteiger partial charge is 0.269 e. The number of aliphatic hydroxyl groups is 1. The van der Waals surface area contributed by atoms with Gasteiger partial charge in [0, 0.05) is 25.1 Å². The van der Waals surface area contributed by atoms with E-state index in [-0.39, 0.29) is 18.2 Å². The van der Waals surface area contributed by atoms with Crippen LogP contribution in [0.3, 0.4) is 0 Å². The zero-order valence-electron chi connectivity index (χ0n) is 14.4. The van der Waals surface area contributed by atoms with Gasteiger partial charge in [0.05, 0.1) is 22.4 Å². The van der Waals surface area contributed by atoms with Crippen LogP contribution in [0.25, 0.3) is 4.96 Å². The monoisotopic (exact) mass is 377 g/mol. The molecule has 0 bridgehead atoms. The molecule has 2 N–H and O–H groups in total. The molecule has 0 radical (unpaired) electrons. The first-order chi connectivity index (χ1) is 12.5. The molecule has 0 aliphatic heterocycles. The van der Waals surface area contributed by atoms with Crippen molar-refractivity contribution < 1.29 is 15.1 Å². The predicted octanol–water partition coefficient (Wildman–Crippen LogP) is 1.98. The summed E-state index contributed by atoms with van der Waals surface area (Å²) in [5, 5.41) is 35.4. The topological polar surface area (TPSA) is 117 Å². The van der Waals surface area contributed by atoms with Crippen molar-refractivity contribution in [1.29, 1.82) is 0 Å². The molecule has 0 aliphatic carbocycles. The van der Waals surface area contributed by atoms with Gasteiger partial charge in [-0.3, -0.25) is 15.0 Å². The molecule has 2 heterocycles. The van der Waals surface area contributed by atoms with Gasteiger partial charge >= 0.3 is 0 Å². The predicted molar refractivity (Wildman–Crippen MR) is 96.6 cm³/mol. The minimum Gasteiger partial charge on any atom is -0.492 e. The summed E-state index contributed by atoms with van der Waals surface area (Å²) in [7, 11) is 1.78. The summed E-state index contributed by atoms with van der Waals surface area (Å²) in [4.78, 5) is 18.0. The first kappa shape index (κ1) is 18.2. The summed E-state index contributed by atoms with van der Waals surface area (Å²) in [6.07, 6.45) is 0.655. The lowest BCUT2D eigenvalue weighted by molar-refractivity contribution is -0.384. The molecule has 0 amide bonds. The van der Waals surface area contributed by atoms with E-state index in [0.29, 0.717) is 34.2 Å². The number of aliphatic hydroxyl groups excluding tert-OH is 1. The van der Waals surface area contributed by atoms with Crippen molar-refractivity contribution in [3.63, 3.8) is 0 Å². The summed E-state index contributed by atoms with van der Waals surface area (Å²) in [6, 6.07) is 5.80. The average Bonchev–Trinajstić information content (AvgIpc) is 3.15. The Hall–Kier alpha value is -2.56. The van der Waals surface area contributed by atoms with E-state index < -0.39 is 11.0 Å². The Morgan fingerprint density at radius 1 is 1.46 bits per heavy atom. The molecular weight excluding hydrogens is 358 g/mol. The van der Waals surface area contributed by atoms with E-state index in [4.69, 9.17) is 0 Å². The van der Waals surface area contributed by atoms with Crippen molar-refractivity contribution in [2.75, 3.05) is 20.2 Å². The molecule has 0 saturated heterocycles. The molecule has 9 nitrogen and oxygen atoms in total. The number of non-ortho nitro benzene ring substituents is 1. The molecule has 0 fully saturated rings. The second-order valence-electron chi connectivity index (χ2n) is 5.82. The van der Waals surface area contributed by atoms with Crippen LogP contribution in [0.1, 0.15) is 29.2 Å². The standard InChI is InChI=1S/C16H19N5O4S/c1-3-12-17-16-20(18-12)15(23)14(26-16)13(19(2)7-8-22)10-5-4-6-11(9-10)21(24)25/h4-6,9,13,22-23H,3,7-8H2,1-2H3. The van der Waals surface area contributed by atoms with Crippen LogP contribution in [0, 0.1) is 10.1 Å². The Balaban J connectivity index is 2.12. The van der Waals surface area contributed by atoms with E-state index >= 15 is 0 Å². The summed E-state index contributed by atoms with van der Waals surface area (Å²) in [5.74, 6) is 0.590. The van der Waals surface area contributed by atoms with Crippen LogP contribution in [0.5, 0.6) is 5.88 Å². The Morgan fingerprint density at radius 2 is 2.23 bits per heavy atom. The van der Waals surface area contributed by atoms with Crippen LogP contribution >= 0.6 is 11.3 Å². The van der Waals surface area contributed by atoms with Crippen molar-refractivity contribution in [1.82, 2.24) is 19.5 Å². The maximum Gasteiger partial charge on any atom is 0.269 e. The highest BCUT2D eigenvalue weighted by molar-refractivity contribution is 7.17. The van der Waals surface area contributed by atoms with Crippen molar-refractivity contribution in [2.24, 2.45) is 0 Å². The van der Waals surface area contributed by atoms with E-state index in [1.54, 1.807) is 19.2 Å². The number of nitrogens with zero attached hydrogens (tertiary/aromatic N) is 5. The number of hydrogen-bond acceptors (Lipinski definition) is 8. The Labute approximate surface area is 153 Å². The largest absolute Gasteiger partial charge is 0.492 e. The van der Waals surface area contributed by atoms with Gasteiger partial charge in [0.25, 0.3) is 5.69 Å². The Kier molecular flexibility index (Phi) is 5.16. The number of benzene rings is 1. The average molecular weight is 377 g/mol. The minimum absolute atomic E-state index is 0.0304. The molecule has 1 unspecified atom stereocenters. The summed E-state index contributed by atoms with van der Waals surface area (Å²) < 4.78 is 1.38. The van der Waals surface area contributed by atoms with Crippen molar-refractivity contribution in [2.45, 2.75) is 19.4 Å². The number of thiazole rings is 1. The minimum atomic E-state index is -0.472. The van der Waals surface area contributed by atoms with E-state index in [9.17, 15) is 20.3 Å². The molecule has 3 rings (SSSR count). The summed E-state index contributed by atoms with van der Waals surface area (Å²) in [5.41, 5.74) is 0.614. The fourth-order valence-electron chi connectivity index (χ4n) is 2.82. The van der Waals surface area contributed by atoms with Crippen LogP contribution in [0.2, 0.25) is 0 Å². The van der Waals surface area contributed by atoms with Gasteiger partial charge in [-0.25, -0.2) is 4.98 Å². The van der Waals surface area contributed by atoms with Crippen molar-refractivity contribution >= 4 is 22.0 Å². The number of aryl methyl sites for hydroxylation is 1. The van der Waals surface area contributed by atoms with Gasteiger partial charge in [0.2, 0.25) is 10.8 Å². The molecule has 10 heteroatoms. The summed E-state index contributed by atoms with van der Waals surface area (Å²) in [6.45, 7) is 2.18. The van der Waals surface area contributed by atoms with E-state index in [1.807, 2.05) is 11.8 Å². The number of fused-ring (bicyclic) bond motifs is 1. The number of nitro groups is 1. The van der Waals surface area contributed by atoms with Gasteiger partial charge < -0.3 is 10.2 Å². The highest BCUT2D eigenvalue weighted by Gasteiger charge is 2.28. The molecule has 0 saturated carbocycles. The number of rotatable bonds is 7. The maximum atomic E-state index is 11.1. The lowest BCUT2D eigenvalue weighted by Crippen LogP contribution is -2.28. The van der Waals surface area contributed by atoms with Crippen molar-refractivity contribution in [3.05, 3.63) is 50.6 Å². The number of nitro benzene ring substituents is 1. The normalized spacial score (nSPS) is 12.8. The van der Waals surface area contributed by atoms with Gasteiger partial charge in [-0.1, -0.05) is 30.4 Å². The Morgan fingerprint density at radius 3 is 2.85 bits per heavy atom. The highest BCUT2D eigenvalue weighted by Crippen LogP contribution is 2.39. The molecule has 138 valence electrons. The highest BCUT2D eigenvalue weighted by atomic mass is 32.1. The van der Waals surface area contributed by atoms with Gasteiger partial charge in [-0.2, -0.15) is 4.52 Å².